The molecule has 0 bridgehead atoms. The highest BCUT2D eigenvalue weighted by molar-refractivity contribution is 7.17. The molecule has 4 nitrogen and oxygen atoms in total. The predicted octanol–water partition coefficient (Wildman–Crippen LogP) is 5.55. The molecule has 1 aromatic carbocycles. The Hall–Kier alpha value is -2.21. The number of hydrogen-bond donors (Lipinski definition) is 0. The van der Waals surface area contributed by atoms with Crippen LogP contribution in [0.25, 0.3) is 26.9 Å². The number of piperazine rings is 1. The van der Waals surface area contributed by atoms with Gasteiger partial charge in [0.1, 0.15) is 5.82 Å². The van der Waals surface area contributed by atoms with Gasteiger partial charge in [-0.1, -0.05) is 44.7 Å². The van der Waals surface area contributed by atoms with E-state index in [1.165, 1.54) is 26.8 Å². The number of thiophene rings is 1. The largest absolute Gasteiger partial charge is 0.377 e. The van der Waals surface area contributed by atoms with Gasteiger partial charge in [-0.2, -0.15) is 0 Å². The van der Waals surface area contributed by atoms with Crippen molar-refractivity contribution in [3.63, 3.8) is 0 Å². The Bertz CT molecular complexity index is 1020. The molecule has 0 saturated carbocycles. The van der Waals surface area contributed by atoms with Crippen molar-refractivity contribution < 1.29 is 4.74 Å². The van der Waals surface area contributed by atoms with Crippen molar-refractivity contribution in [3.8, 4) is 11.3 Å². The first-order valence-corrected chi connectivity index (χ1v) is 11.4. The summed E-state index contributed by atoms with van der Waals surface area (Å²) in [5, 5.41) is 3.48. The summed E-state index contributed by atoms with van der Waals surface area (Å²) in [5.74, 6) is 1.15. The maximum atomic E-state index is 5.44. The number of hydrogen-bond acceptors (Lipinski definition) is 5. The summed E-state index contributed by atoms with van der Waals surface area (Å²) >= 11 is 1.80. The summed E-state index contributed by atoms with van der Waals surface area (Å²) < 4.78 is 6.75. The predicted molar refractivity (Wildman–Crippen MR) is 130 cm³/mol. The lowest BCUT2D eigenvalue weighted by molar-refractivity contribution is 0.161. The normalized spacial score (nSPS) is 17.6. The second-order valence-electron chi connectivity index (χ2n) is 7.72. The smallest absolute Gasteiger partial charge is 0.147 e. The van der Waals surface area contributed by atoms with Gasteiger partial charge in [-0.25, -0.2) is 4.98 Å². The molecule has 0 radical (unpaired) electrons. The second kappa shape index (κ2) is 9.29. The van der Waals surface area contributed by atoms with Gasteiger partial charge in [0.05, 0.1) is 23.6 Å². The van der Waals surface area contributed by atoms with E-state index in [-0.39, 0.29) is 7.43 Å². The molecule has 5 rings (SSSR count). The first kappa shape index (κ1) is 21.0. The van der Waals surface area contributed by atoms with Crippen molar-refractivity contribution in [1.82, 2.24) is 9.88 Å². The van der Waals surface area contributed by atoms with Crippen LogP contribution in [0.15, 0.2) is 47.9 Å². The molecule has 0 aliphatic carbocycles. The van der Waals surface area contributed by atoms with Crippen LogP contribution in [0.4, 0.5) is 5.82 Å². The molecule has 1 saturated heterocycles. The fraction of sp³-hybridized carbons (Fsp3) is 0.400. The van der Waals surface area contributed by atoms with Gasteiger partial charge in [0, 0.05) is 31.7 Å². The van der Waals surface area contributed by atoms with E-state index < -0.39 is 0 Å². The molecule has 30 heavy (non-hydrogen) atoms. The fourth-order valence-corrected chi connectivity index (χ4v) is 5.14. The SMILES string of the molecule is C.CCN1CCN(c2nc(-c3ccc(C4=CCOCC4)cc3)cc3ccsc23)CC1. The Balaban J connectivity index is 0.00000218. The molecular formula is C25H31N3OS. The molecule has 2 aromatic heterocycles. The highest BCUT2D eigenvalue weighted by Gasteiger charge is 2.20. The molecule has 0 atom stereocenters. The highest BCUT2D eigenvalue weighted by Crippen LogP contribution is 2.34. The molecule has 3 aromatic rings. The molecule has 4 heterocycles. The lowest BCUT2D eigenvalue weighted by Crippen LogP contribution is -2.46. The van der Waals surface area contributed by atoms with Crippen LogP contribution in [0.5, 0.6) is 0 Å². The molecule has 0 amide bonds. The number of ether oxygens (including phenoxy) is 1. The minimum Gasteiger partial charge on any atom is -0.377 e. The van der Waals surface area contributed by atoms with Crippen LogP contribution in [0, 0.1) is 0 Å². The van der Waals surface area contributed by atoms with Crippen LogP contribution >= 0.6 is 11.3 Å². The number of nitrogens with zero attached hydrogens (tertiary/aromatic N) is 3. The highest BCUT2D eigenvalue weighted by atomic mass is 32.1. The quantitative estimate of drug-likeness (QED) is 0.553. The number of anilines is 1. The number of likely N-dealkylation sites (N-methyl/N-ethyl adjacent to an activating group) is 1. The van der Waals surface area contributed by atoms with Crippen LogP contribution in [0.3, 0.4) is 0 Å². The molecule has 1 fully saturated rings. The molecule has 0 N–H and O–H groups in total. The van der Waals surface area contributed by atoms with Gasteiger partial charge < -0.3 is 14.5 Å². The second-order valence-corrected chi connectivity index (χ2v) is 8.64. The summed E-state index contributed by atoms with van der Waals surface area (Å²) in [7, 11) is 0. The zero-order valence-electron chi connectivity index (χ0n) is 16.9. The first-order chi connectivity index (χ1) is 14.3. The summed E-state index contributed by atoms with van der Waals surface area (Å²) in [6.45, 7) is 9.24. The zero-order valence-corrected chi connectivity index (χ0v) is 17.8. The Morgan fingerprint density at radius 2 is 1.80 bits per heavy atom. The van der Waals surface area contributed by atoms with Gasteiger partial charge in [0.15, 0.2) is 0 Å². The van der Waals surface area contributed by atoms with Gasteiger partial charge in [-0.3, -0.25) is 0 Å². The average molecular weight is 422 g/mol. The number of rotatable bonds is 4. The lowest BCUT2D eigenvalue weighted by atomic mass is 9.99. The van der Waals surface area contributed by atoms with Gasteiger partial charge in [-0.15, -0.1) is 11.3 Å². The van der Waals surface area contributed by atoms with E-state index in [4.69, 9.17) is 9.72 Å². The summed E-state index contributed by atoms with van der Waals surface area (Å²) in [6, 6.07) is 13.3. The Labute approximate surface area is 183 Å². The van der Waals surface area contributed by atoms with Crippen molar-refractivity contribution in [2.24, 2.45) is 0 Å². The Kier molecular flexibility index (Phi) is 6.52. The van der Waals surface area contributed by atoms with E-state index in [9.17, 15) is 0 Å². The maximum absolute atomic E-state index is 5.44. The average Bonchev–Trinajstić information content (AvgIpc) is 3.28. The van der Waals surface area contributed by atoms with Crippen molar-refractivity contribution in [2.75, 3.05) is 50.8 Å². The summed E-state index contributed by atoms with van der Waals surface area (Å²) in [6.07, 6.45) is 3.19. The lowest BCUT2D eigenvalue weighted by Gasteiger charge is -2.35. The molecular weight excluding hydrogens is 390 g/mol. The van der Waals surface area contributed by atoms with E-state index in [2.05, 4.69) is 64.6 Å². The Morgan fingerprint density at radius 3 is 2.50 bits per heavy atom. The first-order valence-electron chi connectivity index (χ1n) is 10.5. The third kappa shape index (κ3) is 4.15. The van der Waals surface area contributed by atoms with Crippen molar-refractivity contribution >= 4 is 32.8 Å². The van der Waals surface area contributed by atoms with E-state index in [1.807, 2.05) is 0 Å². The monoisotopic (exact) mass is 421 g/mol. The Morgan fingerprint density at radius 1 is 1.03 bits per heavy atom. The van der Waals surface area contributed by atoms with E-state index >= 15 is 0 Å². The van der Waals surface area contributed by atoms with Crippen LogP contribution in [-0.4, -0.2) is 55.8 Å². The molecule has 158 valence electrons. The van der Waals surface area contributed by atoms with E-state index in [0.29, 0.717) is 0 Å². The van der Waals surface area contributed by atoms with Crippen LogP contribution in [0.2, 0.25) is 0 Å². The standard InChI is InChI=1S/C24H27N3OS.CH4/c1-2-26-10-12-27(13-11-26)24-23-21(9-16-29-23)17-22(25-24)20-5-3-18(4-6-20)19-7-14-28-15-8-19;/h3-7,9,16-17H,2,8,10-15H2,1H3;1H4. The van der Waals surface area contributed by atoms with Crippen LogP contribution in [0.1, 0.15) is 26.3 Å². The van der Waals surface area contributed by atoms with Gasteiger partial charge in [0.2, 0.25) is 0 Å². The van der Waals surface area contributed by atoms with Crippen molar-refractivity contribution in [2.45, 2.75) is 20.8 Å². The molecule has 2 aliphatic rings. The minimum absolute atomic E-state index is 0. The fourth-order valence-electron chi connectivity index (χ4n) is 4.24. The van der Waals surface area contributed by atoms with Gasteiger partial charge >= 0.3 is 0 Å². The van der Waals surface area contributed by atoms with Crippen LogP contribution in [-0.2, 0) is 4.74 Å². The number of aromatic nitrogens is 1. The zero-order chi connectivity index (χ0) is 19.6. The molecule has 5 heteroatoms. The van der Waals surface area contributed by atoms with Crippen LogP contribution < -0.4 is 4.90 Å². The number of fused-ring (bicyclic) bond motifs is 1. The van der Waals surface area contributed by atoms with Gasteiger partial charge in [-0.05, 0) is 47.0 Å². The van der Waals surface area contributed by atoms with Gasteiger partial charge in [0.25, 0.3) is 0 Å². The third-order valence-electron chi connectivity index (χ3n) is 6.05. The third-order valence-corrected chi connectivity index (χ3v) is 6.98. The van der Waals surface area contributed by atoms with Crippen molar-refractivity contribution in [1.29, 1.82) is 0 Å². The summed E-state index contributed by atoms with van der Waals surface area (Å²) in [4.78, 5) is 10.1. The minimum atomic E-state index is 0. The maximum Gasteiger partial charge on any atom is 0.147 e. The number of benzene rings is 1. The van der Waals surface area contributed by atoms with Crippen molar-refractivity contribution in [3.05, 3.63) is 53.4 Å². The molecule has 0 spiro atoms. The molecule has 2 aliphatic heterocycles. The van der Waals surface area contributed by atoms with E-state index in [0.717, 1.165) is 63.9 Å². The molecule has 0 unspecified atom stereocenters. The topological polar surface area (TPSA) is 28.6 Å². The number of pyridine rings is 1. The summed E-state index contributed by atoms with van der Waals surface area (Å²) in [5.41, 5.74) is 4.93. The van der Waals surface area contributed by atoms with E-state index in [1.54, 1.807) is 11.3 Å².